The molecular weight excluding hydrogens is 241 g/mol. The minimum absolute atomic E-state index is 0.0298. The van der Waals surface area contributed by atoms with Crippen molar-refractivity contribution in [2.75, 3.05) is 0 Å². The summed E-state index contributed by atoms with van der Waals surface area (Å²) in [5.74, 6) is 0.107. The lowest BCUT2D eigenvalue weighted by Crippen LogP contribution is -2.42. The molecule has 1 aliphatic heterocycles. The van der Waals surface area contributed by atoms with Crippen molar-refractivity contribution < 1.29 is 9.13 Å². The summed E-state index contributed by atoms with van der Waals surface area (Å²) in [6, 6.07) is 6.62. The third kappa shape index (κ3) is 3.34. The first kappa shape index (κ1) is 14.5. The first-order valence-corrected chi connectivity index (χ1v) is 6.90. The summed E-state index contributed by atoms with van der Waals surface area (Å²) in [5.41, 5.74) is 7.13. The Morgan fingerprint density at radius 2 is 1.84 bits per heavy atom. The number of rotatable bonds is 3. The lowest BCUT2D eigenvalue weighted by molar-refractivity contribution is -0.0765. The molecule has 1 aromatic rings. The minimum Gasteiger partial charge on any atom is -0.369 e. The van der Waals surface area contributed by atoms with Crippen LogP contribution in [0.15, 0.2) is 24.3 Å². The smallest absolute Gasteiger partial charge is 0.123 e. The lowest BCUT2D eigenvalue weighted by Gasteiger charge is -2.31. The Labute approximate surface area is 115 Å². The lowest BCUT2D eigenvalue weighted by atomic mass is 9.80. The van der Waals surface area contributed by atoms with E-state index in [4.69, 9.17) is 10.5 Å². The normalized spacial score (nSPS) is 26.3. The van der Waals surface area contributed by atoms with Crippen LogP contribution < -0.4 is 5.73 Å². The first-order valence-electron chi connectivity index (χ1n) is 6.90. The molecule has 1 aromatic carbocycles. The number of ether oxygens (including phenoxy) is 1. The van der Waals surface area contributed by atoms with Crippen molar-refractivity contribution in [2.45, 2.75) is 57.8 Å². The summed E-state index contributed by atoms with van der Waals surface area (Å²) >= 11 is 0. The molecular formula is C16H24FNO. The van der Waals surface area contributed by atoms with Gasteiger partial charge in [-0.1, -0.05) is 12.1 Å². The largest absolute Gasteiger partial charge is 0.369 e. The maximum absolute atomic E-state index is 12.9. The summed E-state index contributed by atoms with van der Waals surface area (Å²) < 4.78 is 19.0. The molecule has 2 rings (SSSR count). The quantitative estimate of drug-likeness (QED) is 0.910. The SMILES string of the molecule is CC1(C)CC(C(N)Cc2ccc(F)cc2)C(C)(C)O1. The van der Waals surface area contributed by atoms with Gasteiger partial charge >= 0.3 is 0 Å². The molecule has 2 nitrogen and oxygen atoms in total. The molecule has 2 N–H and O–H groups in total. The highest BCUT2D eigenvalue weighted by Crippen LogP contribution is 2.43. The molecule has 0 aliphatic carbocycles. The zero-order valence-electron chi connectivity index (χ0n) is 12.2. The fourth-order valence-electron chi connectivity index (χ4n) is 3.31. The van der Waals surface area contributed by atoms with Gasteiger partial charge in [0.2, 0.25) is 0 Å². The maximum atomic E-state index is 12.9. The van der Waals surface area contributed by atoms with Gasteiger partial charge < -0.3 is 10.5 Å². The molecule has 0 bridgehead atoms. The molecule has 3 heteroatoms. The summed E-state index contributed by atoms with van der Waals surface area (Å²) in [5, 5.41) is 0. The van der Waals surface area contributed by atoms with Crippen molar-refractivity contribution in [1.29, 1.82) is 0 Å². The van der Waals surface area contributed by atoms with Crippen molar-refractivity contribution in [3.63, 3.8) is 0 Å². The highest BCUT2D eigenvalue weighted by Gasteiger charge is 2.47. The van der Waals surface area contributed by atoms with Crippen molar-refractivity contribution in [2.24, 2.45) is 11.7 Å². The van der Waals surface area contributed by atoms with Crippen LogP contribution in [-0.2, 0) is 11.2 Å². The number of benzene rings is 1. The van der Waals surface area contributed by atoms with Gasteiger partial charge in [0.15, 0.2) is 0 Å². The van der Waals surface area contributed by atoms with Gasteiger partial charge in [0, 0.05) is 12.0 Å². The van der Waals surface area contributed by atoms with Gasteiger partial charge in [-0.3, -0.25) is 0 Å². The van der Waals surface area contributed by atoms with Crippen LogP contribution in [0.1, 0.15) is 39.7 Å². The molecule has 1 aliphatic rings. The standard InChI is InChI=1S/C16H24FNO/c1-15(2)10-13(16(3,4)19-15)14(18)9-11-5-7-12(17)8-6-11/h5-8,13-14H,9-10,18H2,1-4H3. The molecule has 19 heavy (non-hydrogen) atoms. The summed E-state index contributed by atoms with van der Waals surface area (Å²) in [7, 11) is 0. The number of hydrogen-bond acceptors (Lipinski definition) is 2. The van der Waals surface area contributed by atoms with Crippen LogP contribution in [-0.4, -0.2) is 17.2 Å². The van der Waals surface area contributed by atoms with E-state index < -0.39 is 0 Å². The Bertz CT molecular complexity index is 439. The first-order chi connectivity index (χ1) is 8.70. The Balaban J connectivity index is 2.07. The van der Waals surface area contributed by atoms with Crippen LogP contribution in [0.3, 0.4) is 0 Å². The van der Waals surface area contributed by atoms with Gasteiger partial charge in [0.05, 0.1) is 11.2 Å². The van der Waals surface area contributed by atoms with Crippen LogP contribution in [0.2, 0.25) is 0 Å². The van der Waals surface area contributed by atoms with Crippen molar-refractivity contribution >= 4 is 0 Å². The topological polar surface area (TPSA) is 35.2 Å². The predicted octanol–water partition coefficient (Wildman–Crippen LogP) is 3.29. The highest BCUT2D eigenvalue weighted by molar-refractivity contribution is 5.18. The van der Waals surface area contributed by atoms with Crippen LogP contribution in [0, 0.1) is 11.7 Å². The Morgan fingerprint density at radius 1 is 1.26 bits per heavy atom. The van der Waals surface area contributed by atoms with E-state index in [-0.39, 0.29) is 23.1 Å². The summed E-state index contributed by atoms with van der Waals surface area (Å²) in [6.45, 7) is 8.44. The van der Waals surface area contributed by atoms with E-state index in [1.807, 2.05) is 12.1 Å². The average molecular weight is 265 g/mol. The van der Waals surface area contributed by atoms with E-state index in [0.29, 0.717) is 5.92 Å². The van der Waals surface area contributed by atoms with Crippen molar-refractivity contribution in [3.05, 3.63) is 35.6 Å². The summed E-state index contributed by atoms with van der Waals surface area (Å²) in [4.78, 5) is 0. The molecule has 1 saturated heterocycles. The van der Waals surface area contributed by atoms with E-state index in [2.05, 4.69) is 27.7 Å². The highest BCUT2D eigenvalue weighted by atomic mass is 19.1. The van der Waals surface area contributed by atoms with Crippen LogP contribution >= 0.6 is 0 Å². The second-order valence-corrected chi connectivity index (χ2v) is 6.77. The van der Waals surface area contributed by atoms with E-state index in [0.717, 1.165) is 18.4 Å². The van der Waals surface area contributed by atoms with E-state index in [1.54, 1.807) is 0 Å². The van der Waals surface area contributed by atoms with Gasteiger partial charge in [0.1, 0.15) is 5.82 Å². The van der Waals surface area contributed by atoms with Gasteiger partial charge in [-0.25, -0.2) is 4.39 Å². The number of halogens is 1. The van der Waals surface area contributed by atoms with Gasteiger partial charge in [0.25, 0.3) is 0 Å². The minimum atomic E-state index is -0.206. The Hall–Kier alpha value is -0.930. The van der Waals surface area contributed by atoms with E-state index in [1.165, 1.54) is 12.1 Å². The summed E-state index contributed by atoms with van der Waals surface area (Å²) in [6.07, 6.45) is 1.72. The molecule has 0 saturated carbocycles. The maximum Gasteiger partial charge on any atom is 0.123 e. The molecule has 2 atom stereocenters. The van der Waals surface area contributed by atoms with Crippen LogP contribution in [0.5, 0.6) is 0 Å². The third-order valence-electron chi connectivity index (χ3n) is 4.05. The Morgan fingerprint density at radius 3 is 2.32 bits per heavy atom. The average Bonchev–Trinajstić information content (AvgIpc) is 2.50. The third-order valence-corrected chi connectivity index (χ3v) is 4.05. The van der Waals surface area contributed by atoms with E-state index in [9.17, 15) is 4.39 Å². The fraction of sp³-hybridized carbons (Fsp3) is 0.625. The number of nitrogens with two attached hydrogens (primary N) is 1. The monoisotopic (exact) mass is 265 g/mol. The molecule has 0 radical (unpaired) electrons. The van der Waals surface area contributed by atoms with Crippen molar-refractivity contribution in [1.82, 2.24) is 0 Å². The molecule has 1 heterocycles. The second-order valence-electron chi connectivity index (χ2n) is 6.77. The molecule has 106 valence electrons. The van der Waals surface area contributed by atoms with Crippen LogP contribution in [0.25, 0.3) is 0 Å². The second kappa shape index (κ2) is 4.88. The molecule has 0 amide bonds. The van der Waals surface area contributed by atoms with Gasteiger partial charge in [-0.2, -0.15) is 0 Å². The predicted molar refractivity (Wildman–Crippen MR) is 75.4 cm³/mol. The molecule has 2 unspecified atom stereocenters. The number of hydrogen-bond donors (Lipinski definition) is 1. The van der Waals surface area contributed by atoms with Gasteiger partial charge in [-0.15, -0.1) is 0 Å². The zero-order chi connectivity index (χ0) is 14.3. The molecule has 0 aromatic heterocycles. The van der Waals surface area contributed by atoms with E-state index >= 15 is 0 Å². The molecule has 1 fully saturated rings. The fourth-order valence-corrected chi connectivity index (χ4v) is 3.31. The van der Waals surface area contributed by atoms with Crippen molar-refractivity contribution in [3.8, 4) is 0 Å². The Kier molecular flexibility index (Phi) is 3.72. The molecule has 0 spiro atoms. The van der Waals surface area contributed by atoms with Gasteiger partial charge in [-0.05, 0) is 58.2 Å². The van der Waals surface area contributed by atoms with Crippen LogP contribution in [0.4, 0.5) is 4.39 Å². The zero-order valence-corrected chi connectivity index (χ0v) is 12.2.